The highest BCUT2D eigenvalue weighted by molar-refractivity contribution is 7.91. The monoisotopic (exact) mass is 257 g/mol. The van der Waals surface area contributed by atoms with E-state index < -0.39 is 21.3 Å². The highest BCUT2D eigenvalue weighted by atomic mass is 32.2. The smallest absolute Gasteiger partial charge is 0.181 e. The Bertz CT molecular complexity index is 490. The summed E-state index contributed by atoms with van der Waals surface area (Å²) < 4.78 is 38.2. The van der Waals surface area contributed by atoms with E-state index >= 15 is 0 Å². The summed E-state index contributed by atoms with van der Waals surface area (Å²) in [6.07, 6.45) is 0.262. The van der Waals surface area contributed by atoms with E-state index in [2.05, 4.69) is 5.32 Å². The molecule has 1 aromatic carbocycles. The highest BCUT2D eigenvalue weighted by Crippen LogP contribution is 2.25. The Kier molecular flexibility index (Phi) is 3.23. The topological polar surface area (TPSA) is 46.2 Å². The zero-order valence-electron chi connectivity index (χ0n) is 9.74. The van der Waals surface area contributed by atoms with Crippen LogP contribution in [0.15, 0.2) is 29.2 Å². The number of benzene rings is 1. The van der Waals surface area contributed by atoms with Crippen LogP contribution in [0.2, 0.25) is 0 Å². The molecule has 0 saturated carbocycles. The molecule has 1 aliphatic heterocycles. The van der Waals surface area contributed by atoms with Crippen LogP contribution in [0.3, 0.4) is 0 Å². The second-order valence-electron chi connectivity index (χ2n) is 4.65. The summed E-state index contributed by atoms with van der Waals surface area (Å²) in [4.78, 5) is 0.201. The molecule has 1 atom stereocenters. The minimum atomic E-state index is -3.53. The Hall–Kier alpha value is -0.940. The number of hydrogen-bond donors (Lipinski definition) is 1. The number of halogens is 1. The first-order chi connectivity index (χ1) is 7.91. The summed E-state index contributed by atoms with van der Waals surface area (Å²) in [5.41, 5.74) is -0.634. The number of aryl methyl sites for hydroxylation is 1. The van der Waals surface area contributed by atoms with Crippen molar-refractivity contribution in [1.29, 1.82) is 0 Å². The molecular weight excluding hydrogens is 241 g/mol. The molecule has 1 heterocycles. The molecule has 0 aromatic heterocycles. The summed E-state index contributed by atoms with van der Waals surface area (Å²) in [5, 5.41) is 2.86. The van der Waals surface area contributed by atoms with Gasteiger partial charge in [-0.2, -0.15) is 0 Å². The fraction of sp³-hybridized carbons (Fsp3) is 0.500. The van der Waals surface area contributed by atoms with Gasteiger partial charge in [-0.05, 0) is 32.0 Å². The van der Waals surface area contributed by atoms with Crippen LogP contribution in [0, 0.1) is 6.92 Å². The van der Waals surface area contributed by atoms with Crippen molar-refractivity contribution in [3.8, 4) is 0 Å². The van der Waals surface area contributed by atoms with Crippen molar-refractivity contribution < 1.29 is 12.8 Å². The normalized spacial score (nSPS) is 25.1. The Labute approximate surface area is 101 Å². The third kappa shape index (κ3) is 2.84. The summed E-state index contributed by atoms with van der Waals surface area (Å²) in [7, 11) is -3.53. The van der Waals surface area contributed by atoms with E-state index in [1.807, 2.05) is 6.92 Å². The molecule has 0 bridgehead atoms. The van der Waals surface area contributed by atoms with Crippen LogP contribution in [0.1, 0.15) is 12.0 Å². The first-order valence-electron chi connectivity index (χ1n) is 5.60. The Morgan fingerprint density at radius 1 is 1.35 bits per heavy atom. The molecule has 0 amide bonds. The van der Waals surface area contributed by atoms with Gasteiger partial charge in [-0.15, -0.1) is 0 Å². The molecule has 1 aromatic rings. The van der Waals surface area contributed by atoms with Crippen molar-refractivity contribution in [3.05, 3.63) is 29.8 Å². The zero-order valence-corrected chi connectivity index (χ0v) is 10.6. The van der Waals surface area contributed by atoms with Crippen molar-refractivity contribution >= 4 is 9.84 Å². The highest BCUT2D eigenvalue weighted by Gasteiger charge is 2.38. The van der Waals surface area contributed by atoms with Crippen LogP contribution < -0.4 is 5.32 Å². The molecule has 17 heavy (non-hydrogen) atoms. The lowest BCUT2D eigenvalue weighted by Crippen LogP contribution is -2.34. The molecule has 1 saturated heterocycles. The van der Waals surface area contributed by atoms with Crippen LogP contribution in [-0.4, -0.2) is 32.9 Å². The summed E-state index contributed by atoms with van der Waals surface area (Å²) in [6, 6.07) is 6.53. The van der Waals surface area contributed by atoms with Crippen LogP contribution in [0.5, 0.6) is 0 Å². The average molecular weight is 257 g/mol. The second-order valence-corrected chi connectivity index (χ2v) is 6.64. The molecule has 0 spiro atoms. The molecule has 1 unspecified atom stereocenters. The van der Waals surface area contributed by atoms with Gasteiger partial charge in [-0.1, -0.05) is 17.7 Å². The van der Waals surface area contributed by atoms with Crippen LogP contribution in [-0.2, 0) is 9.84 Å². The molecular formula is C12H16FNO2S. The molecule has 0 radical (unpaired) electrons. The number of alkyl halides is 1. The zero-order chi connectivity index (χ0) is 12.5. The van der Waals surface area contributed by atoms with E-state index in [4.69, 9.17) is 0 Å². The first-order valence-corrected chi connectivity index (χ1v) is 7.26. The molecule has 1 N–H and O–H groups in total. The number of hydrogen-bond acceptors (Lipinski definition) is 3. The maximum Gasteiger partial charge on any atom is 0.181 e. The third-order valence-corrected chi connectivity index (χ3v) is 4.91. The van der Waals surface area contributed by atoms with Gasteiger partial charge in [0.05, 0.1) is 10.6 Å². The maximum absolute atomic E-state index is 14.1. The van der Waals surface area contributed by atoms with Gasteiger partial charge in [0.2, 0.25) is 0 Å². The van der Waals surface area contributed by atoms with Gasteiger partial charge in [-0.3, -0.25) is 0 Å². The Morgan fingerprint density at radius 2 is 2.00 bits per heavy atom. The largest absolute Gasteiger partial charge is 0.313 e. The Balaban J connectivity index is 2.22. The predicted octanol–water partition coefficient (Wildman–Crippen LogP) is 1.47. The van der Waals surface area contributed by atoms with Crippen LogP contribution in [0.4, 0.5) is 4.39 Å². The lowest BCUT2D eigenvalue weighted by molar-refractivity contribution is 0.221. The van der Waals surface area contributed by atoms with Gasteiger partial charge in [-0.25, -0.2) is 12.8 Å². The van der Waals surface area contributed by atoms with Gasteiger partial charge < -0.3 is 5.32 Å². The van der Waals surface area contributed by atoms with Gasteiger partial charge in [0.1, 0.15) is 5.67 Å². The van der Waals surface area contributed by atoms with Gasteiger partial charge >= 0.3 is 0 Å². The lowest BCUT2D eigenvalue weighted by atomic mass is 10.1. The minimum absolute atomic E-state index is 0.123. The summed E-state index contributed by atoms with van der Waals surface area (Å²) in [5.74, 6) is -0.434. The van der Waals surface area contributed by atoms with Crippen molar-refractivity contribution in [2.75, 3.05) is 18.8 Å². The van der Waals surface area contributed by atoms with Gasteiger partial charge in [0, 0.05) is 6.54 Å². The van der Waals surface area contributed by atoms with Crippen molar-refractivity contribution in [1.82, 2.24) is 5.32 Å². The molecule has 5 heteroatoms. The fourth-order valence-corrected chi connectivity index (χ4v) is 3.65. The Morgan fingerprint density at radius 3 is 2.53 bits per heavy atom. The molecule has 0 aliphatic carbocycles. The van der Waals surface area contributed by atoms with Crippen molar-refractivity contribution in [3.63, 3.8) is 0 Å². The maximum atomic E-state index is 14.1. The van der Waals surface area contributed by atoms with E-state index in [9.17, 15) is 12.8 Å². The van der Waals surface area contributed by atoms with E-state index in [1.54, 1.807) is 12.1 Å². The quantitative estimate of drug-likeness (QED) is 0.892. The van der Waals surface area contributed by atoms with E-state index in [1.165, 1.54) is 12.1 Å². The number of rotatable bonds is 3. The predicted molar refractivity (Wildman–Crippen MR) is 64.6 cm³/mol. The SMILES string of the molecule is Cc1ccc(S(=O)(=O)CC2(F)CCNC2)cc1. The van der Waals surface area contributed by atoms with Crippen molar-refractivity contribution in [2.24, 2.45) is 0 Å². The molecule has 2 rings (SSSR count). The number of nitrogens with one attached hydrogen (secondary N) is 1. The summed E-state index contributed by atoms with van der Waals surface area (Å²) in [6.45, 7) is 2.55. The number of sulfone groups is 1. The van der Waals surface area contributed by atoms with Crippen LogP contribution in [0.25, 0.3) is 0 Å². The molecule has 94 valence electrons. The lowest BCUT2D eigenvalue weighted by Gasteiger charge is -2.17. The average Bonchev–Trinajstić information content (AvgIpc) is 2.64. The molecule has 1 fully saturated rings. The summed E-state index contributed by atoms with van der Waals surface area (Å²) >= 11 is 0. The van der Waals surface area contributed by atoms with Crippen LogP contribution >= 0.6 is 0 Å². The molecule has 1 aliphatic rings. The van der Waals surface area contributed by atoms with E-state index in [0.29, 0.717) is 6.54 Å². The fourth-order valence-electron chi connectivity index (χ4n) is 2.01. The van der Waals surface area contributed by atoms with Crippen molar-refractivity contribution in [2.45, 2.75) is 23.9 Å². The van der Waals surface area contributed by atoms with Gasteiger partial charge in [0.15, 0.2) is 9.84 Å². The minimum Gasteiger partial charge on any atom is -0.313 e. The van der Waals surface area contributed by atoms with E-state index in [0.717, 1.165) is 5.56 Å². The van der Waals surface area contributed by atoms with Gasteiger partial charge in [0.25, 0.3) is 0 Å². The standard InChI is InChI=1S/C12H16FNO2S/c1-10-2-4-11(5-3-10)17(15,16)9-12(13)6-7-14-8-12/h2-5,14H,6-9H2,1H3. The third-order valence-electron chi connectivity index (χ3n) is 3.02. The first kappa shape index (κ1) is 12.5. The molecule has 3 nitrogen and oxygen atoms in total. The second kappa shape index (κ2) is 4.38. The van der Waals surface area contributed by atoms with E-state index in [-0.39, 0.29) is 17.9 Å².